The number of nitrogens with two attached hydrogens (primary N) is 2. The summed E-state index contributed by atoms with van der Waals surface area (Å²) < 4.78 is 33.7. The molecular formula is C25H35N6O4S+. The summed E-state index contributed by atoms with van der Waals surface area (Å²) in [6.07, 6.45) is -0.558. The van der Waals surface area contributed by atoms with Crippen molar-refractivity contribution in [2.75, 3.05) is 49.6 Å². The summed E-state index contributed by atoms with van der Waals surface area (Å²) in [4.78, 5) is 17.6. The maximum absolute atomic E-state index is 13.0. The van der Waals surface area contributed by atoms with Crippen LogP contribution in [0.4, 0.5) is 17.1 Å². The summed E-state index contributed by atoms with van der Waals surface area (Å²) in [6.45, 7) is 8.08. The van der Waals surface area contributed by atoms with Crippen LogP contribution in [0.5, 0.6) is 5.75 Å². The lowest BCUT2D eigenvalue weighted by Crippen LogP contribution is -2.48. The van der Waals surface area contributed by atoms with Crippen LogP contribution in [0, 0.1) is 0 Å². The molecule has 4 rings (SSSR count). The molecule has 1 saturated heterocycles. The number of hydrogen-bond donors (Lipinski definition) is 2. The topological polar surface area (TPSA) is 125 Å². The lowest BCUT2D eigenvalue weighted by Gasteiger charge is -2.35. The van der Waals surface area contributed by atoms with Crippen molar-refractivity contribution in [3.63, 3.8) is 0 Å². The third kappa shape index (κ3) is 4.60. The summed E-state index contributed by atoms with van der Waals surface area (Å²) in [6, 6.07) is 12.7. The highest BCUT2D eigenvalue weighted by molar-refractivity contribution is 7.92. The molecule has 2 aliphatic heterocycles. The van der Waals surface area contributed by atoms with E-state index >= 15 is 0 Å². The lowest BCUT2D eigenvalue weighted by atomic mass is 10.2. The van der Waals surface area contributed by atoms with Crippen molar-refractivity contribution < 1.29 is 22.5 Å². The Morgan fingerprint density at radius 1 is 1.11 bits per heavy atom. The van der Waals surface area contributed by atoms with Crippen molar-refractivity contribution in [1.29, 1.82) is 0 Å². The van der Waals surface area contributed by atoms with Crippen molar-refractivity contribution in [1.82, 2.24) is 4.90 Å². The highest BCUT2D eigenvalue weighted by atomic mass is 32.2. The van der Waals surface area contributed by atoms with Crippen LogP contribution in [0.2, 0.25) is 0 Å². The van der Waals surface area contributed by atoms with Crippen LogP contribution in [-0.2, 0) is 14.6 Å². The van der Waals surface area contributed by atoms with Gasteiger partial charge in [-0.3, -0.25) is 16.3 Å². The van der Waals surface area contributed by atoms with Crippen LogP contribution in [0.3, 0.4) is 0 Å². The zero-order valence-electron chi connectivity index (χ0n) is 21.2. The smallest absolute Gasteiger partial charge is 0.357 e. The number of hydrogen-bond acceptors (Lipinski definition) is 8. The molecule has 2 aliphatic rings. The maximum Gasteiger partial charge on any atom is 0.357 e. The normalized spacial score (nSPS) is 18.8. The van der Waals surface area contributed by atoms with Gasteiger partial charge in [-0.15, -0.1) is 0 Å². The first kappa shape index (κ1) is 25.8. The van der Waals surface area contributed by atoms with Crippen molar-refractivity contribution in [3.05, 3.63) is 42.5 Å². The zero-order chi connectivity index (χ0) is 26.2. The van der Waals surface area contributed by atoms with E-state index in [-0.39, 0.29) is 10.8 Å². The quantitative estimate of drug-likeness (QED) is 0.552. The monoisotopic (exact) mass is 515 g/mol. The number of sulfone groups is 1. The standard InChI is InChI=1S/C25H34N6O4S/c1-17(2)36(33,34)23-8-6-5-7-21(23)31-24(26)16-30(25(31)27)20-10-9-19(15-22(20)35-4)29-13-11-28(12-14-29)18(3)32/h5-10,15,17,24,27H,11-14,16,26H2,1-4H3/p+1. The second kappa shape index (κ2) is 9.98. The second-order valence-electron chi connectivity index (χ2n) is 9.32. The average Bonchev–Trinajstić information content (AvgIpc) is 3.16. The molecule has 1 atom stereocenters. The first-order chi connectivity index (χ1) is 17.1. The van der Waals surface area contributed by atoms with Gasteiger partial charge in [0.05, 0.1) is 12.4 Å². The van der Waals surface area contributed by atoms with Gasteiger partial charge >= 0.3 is 5.96 Å². The number of para-hydroxylation sites is 1. The number of ether oxygens (including phenoxy) is 1. The van der Waals surface area contributed by atoms with Crippen LogP contribution in [0.1, 0.15) is 20.8 Å². The van der Waals surface area contributed by atoms with Gasteiger partial charge in [0.1, 0.15) is 22.8 Å². The predicted octanol–water partition coefficient (Wildman–Crippen LogP) is 1.31. The first-order valence-electron chi connectivity index (χ1n) is 12.0. The molecule has 2 aromatic rings. The summed E-state index contributed by atoms with van der Waals surface area (Å²) in [5.41, 5.74) is 15.3. The molecule has 0 radical (unpaired) electrons. The van der Waals surface area contributed by atoms with Gasteiger partial charge in [-0.2, -0.15) is 0 Å². The lowest BCUT2D eigenvalue weighted by molar-refractivity contribution is -0.434. The van der Waals surface area contributed by atoms with Crippen molar-refractivity contribution in [3.8, 4) is 5.75 Å². The van der Waals surface area contributed by atoms with E-state index in [4.69, 9.17) is 16.2 Å². The van der Waals surface area contributed by atoms with Gasteiger partial charge in [-0.25, -0.2) is 17.9 Å². The molecule has 11 heteroatoms. The Kier molecular flexibility index (Phi) is 7.14. The first-order valence-corrected chi connectivity index (χ1v) is 13.6. The van der Waals surface area contributed by atoms with Gasteiger partial charge in [0.15, 0.2) is 21.8 Å². The van der Waals surface area contributed by atoms with Gasteiger partial charge in [-0.1, -0.05) is 12.1 Å². The van der Waals surface area contributed by atoms with Crippen LogP contribution in [-0.4, -0.2) is 81.0 Å². The van der Waals surface area contributed by atoms with E-state index < -0.39 is 21.3 Å². The molecular weight excluding hydrogens is 480 g/mol. The third-order valence-electron chi connectivity index (χ3n) is 6.82. The number of carbonyl (C=O) groups is 1. The van der Waals surface area contributed by atoms with Gasteiger partial charge in [-0.05, 0) is 38.1 Å². The fourth-order valence-electron chi connectivity index (χ4n) is 4.70. The zero-order valence-corrected chi connectivity index (χ0v) is 22.0. The molecule has 0 bridgehead atoms. The van der Waals surface area contributed by atoms with Crippen LogP contribution < -0.4 is 26.0 Å². The van der Waals surface area contributed by atoms with Crippen molar-refractivity contribution in [2.45, 2.75) is 37.1 Å². The molecule has 1 amide bonds. The second-order valence-corrected chi connectivity index (χ2v) is 11.8. The van der Waals surface area contributed by atoms with Crippen molar-refractivity contribution in [2.24, 2.45) is 11.5 Å². The summed E-state index contributed by atoms with van der Waals surface area (Å²) in [5, 5.41) is -0.584. The van der Waals surface area contributed by atoms with Crippen LogP contribution in [0.25, 0.3) is 0 Å². The Bertz CT molecular complexity index is 1290. The minimum absolute atomic E-state index is 0.0892. The molecule has 0 aliphatic carbocycles. The predicted molar refractivity (Wildman–Crippen MR) is 141 cm³/mol. The van der Waals surface area contributed by atoms with Crippen LogP contribution in [0.15, 0.2) is 47.4 Å². The highest BCUT2D eigenvalue weighted by Gasteiger charge is 2.40. The van der Waals surface area contributed by atoms with E-state index in [1.807, 2.05) is 27.7 Å². The number of anilines is 2. The molecule has 194 valence electrons. The SMILES string of the molecule is COc1cc(N2CCN(C(C)=O)CC2)ccc1[N+]1=C(N)N(c2ccccc2S(=O)(=O)C(C)C)C(N)C1. The highest BCUT2D eigenvalue weighted by Crippen LogP contribution is 2.36. The summed E-state index contributed by atoms with van der Waals surface area (Å²) in [7, 11) is -1.95. The number of rotatable bonds is 6. The molecule has 4 N–H and O–H groups in total. The third-order valence-corrected chi connectivity index (χ3v) is 9.02. The van der Waals surface area contributed by atoms with Crippen molar-refractivity contribution >= 4 is 38.8 Å². The van der Waals surface area contributed by atoms with E-state index in [9.17, 15) is 13.2 Å². The number of guanidine groups is 1. The maximum atomic E-state index is 13.0. The molecule has 1 fully saturated rings. The van der Waals surface area contributed by atoms with E-state index in [0.717, 1.165) is 24.5 Å². The summed E-state index contributed by atoms with van der Waals surface area (Å²) >= 11 is 0. The number of piperazine rings is 1. The van der Waals surface area contributed by atoms with E-state index in [2.05, 4.69) is 4.90 Å². The number of benzene rings is 2. The molecule has 0 spiro atoms. The van der Waals surface area contributed by atoms with Gasteiger partial charge < -0.3 is 14.5 Å². The number of methoxy groups -OCH3 is 1. The minimum Gasteiger partial charge on any atom is -0.493 e. The fraction of sp³-hybridized carbons (Fsp3) is 0.440. The Morgan fingerprint density at radius 3 is 2.39 bits per heavy atom. The van der Waals surface area contributed by atoms with Crippen LogP contribution >= 0.6 is 0 Å². The Morgan fingerprint density at radius 2 is 1.78 bits per heavy atom. The van der Waals surface area contributed by atoms with Gasteiger partial charge in [0.2, 0.25) is 5.91 Å². The minimum atomic E-state index is -3.55. The molecule has 2 aromatic carbocycles. The Balaban J connectivity index is 1.69. The summed E-state index contributed by atoms with van der Waals surface area (Å²) in [5.74, 6) is 1.04. The largest absolute Gasteiger partial charge is 0.493 e. The molecule has 10 nitrogen and oxygen atoms in total. The fourth-order valence-corrected chi connectivity index (χ4v) is 5.94. The number of amides is 1. The van der Waals surface area contributed by atoms with E-state index in [0.29, 0.717) is 37.0 Å². The molecule has 1 unspecified atom stereocenters. The number of nitrogens with zero attached hydrogens (tertiary/aromatic N) is 4. The molecule has 2 heterocycles. The van der Waals surface area contributed by atoms with E-state index in [1.54, 1.807) is 57.0 Å². The van der Waals surface area contributed by atoms with Gasteiger partial charge in [0.25, 0.3) is 0 Å². The Hall–Kier alpha value is -3.31. The Labute approximate surface area is 212 Å². The average molecular weight is 516 g/mol. The van der Waals surface area contributed by atoms with Gasteiger partial charge in [0, 0.05) is 44.9 Å². The molecule has 0 saturated carbocycles. The molecule has 36 heavy (non-hydrogen) atoms. The van der Waals surface area contributed by atoms with E-state index in [1.165, 1.54) is 0 Å². The molecule has 0 aromatic heterocycles. The number of carbonyl (C=O) groups excluding carboxylic acids is 1.